The van der Waals surface area contributed by atoms with Crippen molar-refractivity contribution in [3.05, 3.63) is 46.8 Å². The van der Waals surface area contributed by atoms with Gasteiger partial charge in [-0.25, -0.2) is 4.68 Å². The van der Waals surface area contributed by atoms with Gasteiger partial charge in [-0.05, 0) is 51.2 Å². The molecule has 0 radical (unpaired) electrons. The van der Waals surface area contributed by atoms with Crippen LogP contribution in [0.1, 0.15) is 54.0 Å². The summed E-state index contributed by atoms with van der Waals surface area (Å²) in [5, 5.41) is 4.81. The zero-order chi connectivity index (χ0) is 17.3. The number of likely N-dealkylation sites (tertiary alicyclic amines) is 1. The van der Waals surface area contributed by atoms with Crippen LogP contribution in [0.25, 0.3) is 5.69 Å². The summed E-state index contributed by atoms with van der Waals surface area (Å²) in [6.07, 6.45) is 3.04. The van der Waals surface area contributed by atoms with E-state index < -0.39 is 0 Å². The molecule has 0 spiro atoms. The summed E-state index contributed by atoms with van der Waals surface area (Å²) in [7, 11) is 0. The van der Waals surface area contributed by atoms with Gasteiger partial charge in [-0.3, -0.25) is 4.79 Å². The second-order valence-corrected chi connectivity index (χ2v) is 7.25. The first-order valence-electron chi connectivity index (χ1n) is 8.92. The molecule has 0 bridgehead atoms. The Morgan fingerprint density at radius 3 is 2.33 bits per heavy atom. The zero-order valence-corrected chi connectivity index (χ0v) is 15.2. The molecule has 24 heavy (non-hydrogen) atoms. The number of aromatic nitrogens is 2. The van der Waals surface area contributed by atoms with Gasteiger partial charge in [-0.1, -0.05) is 31.5 Å². The SMILES string of the molecule is Cc1ccc(-n2nc(CC(C)C)c(C(=O)N3CCCC3)c2C)cc1. The van der Waals surface area contributed by atoms with Crippen molar-refractivity contribution < 1.29 is 4.79 Å². The van der Waals surface area contributed by atoms with Gasteiger partial charge < -0.3 is 4.90 Å². The first kappa shape index (κ1) is 16.7. The molecule has 1 saturated heterocycles. The third-order valence-corrected chi connectivity index (χ3v) is 4.68. The predicted octanol–water partition coefficient (Wildman–Crippen LogP) is 3.92. The molecule has 1 aliphatic heterocycles. The predicted molar refractivity (Wildman–Crippen MR) is 96.7 cm³/mol. The Kier molecular flexibility index (Phi) is 4.74. The van der Waals surface area contributed by atoms with E-state index in [1.807, 2.05) is 16.5 Å². The molecule has 128 valence electrons. The van der Waals surface area contributed by atoms with Crippen molar-refractivity contribution in [2.45, 2.75) is 47.0 Å². The van der Waals surface area contributed by atoms with Gasteiger partial charge in [0.15, 0.2) is 0 Å². The van der Waals surface area contributed by atoms with Gasteiger partial charge in [-0.2, -0.15) is 5.10 Å². The molecule has 1 aliphatic rings. The zero-order valence-electron chi connectivity index (χ0n) is 15.2. The van der Waals surface area contributed by atoms with Crippen LogP contribution in [-0.2, 0) is 6.42 Å². The van der Waals surface area contributed by atoms with Crippen LogP contribution in [0.3, 0.4) is 0 Å². The average molecular weight is 325 g/mol. The number of hydrogen-bond donors (Lipinski definition) is 0. The fraction of sp³-hybridized carbons (Fsp3) is 0.500. The van der Waals surface area contributed by atoms with Crippen molar-refractivity contribution in [1.82, 2.24) is 14.7 Å². The molecule has 2 aromatic rings. The molecule has 1 aromatic carbocycles. The van der Waals surface area contributed by atoms with Gasteiger partial charge in [0.2, 0.25) is 0 Å². The van der Waals surface area contributed by atoms with Crippen LogP contribution in [0.15, 0.2) is 24.3 Å². The first-order chi connectivity index (χ1) is 11.5. The molecule has 1 aromatic heterocycles. The van der Waals surface area contributed by atoms with E-state index in [1.54, 1.807) is 0 Å². The first-order valence-corrected chi connectivity index (χ1v) is 8.92. The second kappa shape index (κ2) is 6.80. The Morgan fingerprint density at radius 2 is 1.75 bits per heavy atom. The van der Waals surface area contributed by atoms with Crippen molar-refractivity contribution in [1.29, 1.82) is 0 Å². The summed E-state index contributed by atoms with van der Waals surface area (Å²) < 4.78 is 1.93. The monoisotopic (exact) mass is 325 g/mol. The van der Waals surface area contributed by atoms with E-state index in [0.29, 0.717) is 5.92 Å². The number of aryl methyl sites for hydroxylation is 1. The molecule has 0 aliphatic carbocycles. The Morgan fingerprint density at radius 1 is 1.12 bits per heavy atom. The van der Waals surface area contributed by atoms with Crippen molar-refractivity contribution in [2.75, 3.05) is 13.1 Å². The number of nitrogens with zero attached hydrogens (tertiary/aromatic N) is 3. The van der Waals surface area contributed by atoms with Crippen LogP contribution in [-0.4, -0.2) is 33.7 Å². The summed E-state index contributed by atoms with van der Waals surface area (Å²) >= 11 is 0. The normalized spacial score (nSPS) is 14.6. The van der Waals surface area contributed by atoms with Crippen LogP contribution in [0.4, 0.5) is 0 Å². The highest BCUT2D eigenvalue weighted by Gasteiger charge is 2.27. The minimum atomic E-state index is 0.152. The molecule has 2 heterocycles. The lowest BCUT2D eigenvalue weighted by molar-refractivity contribution is 0.0791. The summed E-state index contributed by atoms with van der Waals surface area (Å²) in [4.78, 5) is 15.0. The van der Waals surface area contributed by atoms with Gasteiger partial charge in [0.25, 0.3) is 5.91 Å². The molecule has 4 heteroatoms. The summed E-state index contributed by atoms with van der Waals surface area (Å²) in [5.41, 5.74) is 4.93. The number of benzene rings is 1. The summed E-state index contributed by atoms with van der Waals surface area (Å²) in [6.45, 7) is 10.2. The summed E-state index contributed by atoms with van der Waals surface area (Å²) in [5.74, 6) is 0.620. The molecule has 1 amide bonds. The highest BCUT2D eigenvalue weighted by Crippen LogP contribution is 2.24. The van der Waals surface area contributed by atoms with Crippen molar-refractivity contribution in [3.8, 4) is 5.69 Å². The molecule has 0 atom stereocenters. The van der Waals surface area contributed by atoms with Crippen LogP contribution >= 0.6 is 0 Å². The number of amides is 1. The van der Waals surface area contributed by atoms with E-state index in [0.717, 1.165) is 55.0 Å². The van der Waals surface area contributed by atoms with Gasteiger partial charge >= 0.3 is 0 Å². The number of carbonyl (C=O) groups excluding carboxylic acids is 1. The number of hydrogen-bond acceptors (Lipinski definition) is 2. The smallest absolute Gasteiger partial charge is 0.257 e. The topological polar surface area (TPSA) is 38.1 Å². The fourth-order valence-corrected chi connectivity index (χ4v) is 3.38. The molecule has 4 nitrogen and oxygen atoms in total. The Balaban J connectivity index is 2.05. The third kappa shape index (κ3) is 3.23. The quantitative estimate of drug-likeness (QED) is 0.854. The molecule has 1 fully saturated rings. The van der Waals surface area contributed by atoms with Gasteiger partial charge in [0, 0.05) is 13.1 Å². The van der Waals surface area contributed by atoms with Crippen LogP contribution in [0, 0.1) is 19.8 Å². The Labute approximate surface area is 144 Å². The number of carbonyl (C=O) groups is 1. The van der Waals surface area contributed by atoms with E-state index in [2.05, 4.69) is 45.0 Å². The van der Waals surface area contributed by atoms with E-state index in [1.165, 1.54) is 5.56 Å². The van der Waals surface area contributed by atoms with Crippen LogP contribution < -0.4 is 0 Å². The van der Waals surface area contributed by atoms with Gasteiger partial charge in [0.1, 0.15) is 0 Å². The lowest BCUT2D eigenvalue weighted by Crippen LogP contribution is -2.29. The highest BCUT2D eigenvalue weighted by atomic mass is 16.2. The minimum absolute atomic E-state index is 0.152. The molecule has 0 saturated carbocycles. The fourth-order valence-electron chi connectivity index (χ4n) is 3.38. The molecule has 3 rings (SSSR count). The lowest BCUT2D eigenvalue weighted by atomic mass is 10.0. The van der Waals surface area contributed by atoms with Crippen LogP contribution in [0.2, 0.25) is 0 Å². The maximum absolute atomic E-state index is 13.0. The van der Waals surface area contributed by atoms with Crippen molar-refractivity contribution in [3.63, 3.8) is 0 Å². The van der Waals surface area contributed by atoms with E-state index in [4.69, 9.17) is 5.10 Å². The van der Waals surface area contributed by atoms with Gasteiger partial charge in [0.05, 0.1) is 22.6 Å². The standard InChI is InChI=1S/C20H27N3O/c1-14(2)13-18-19(20(24)22-11-5-6-12-22)16(4)23(21-18)17-9-7-15(3)8-10-17/h7-10,14H,5-6,11-13H2,1-4H3. The second-order valence-electron chi connectivity index (χ2n) is 7.25. The molecule has 0 N–H and O–H groups in total. The molecular weight excluding hydrogens is 298 g/mol. The largest absolute Gasteiger partial charge is 0.339 e. The minimum Gasteiger partial charge on any atom is -0.339 e. The Hall–Kier alpha value is -2.10. The number of rotatable bonds is 4. The van der Waals surface area contributed by atoms with Crippen molar-refractivity contribution in [2.24, 2.45) is 5.92 Å². The van der Waals surface area contributed by atoms with E-state index in [9.17, 15) is 4.79 Å². The Bertz CT molecular complexity index is 722. The third-order valence-electron chi connectivity index (χ3n) is 4.68. The van der Waals surface area contributed by atoms with E-state index >= 15 is 0 Å². The maximum Gasteiger partial charge on any atom is 0.257 e. The molecule has 0 unspecified atom stereocenters. The molecular formula is C20H27N3O. The highest BCUT2D eigenvalue weighted by molar-refractivity contribution is 5.96. The maximum atomic E-state index is 13.0. The van der Waals surface area contributed by atoms with Crippen molar-refractivity contribution >= 4 is 5.91 Å². The summed E-state index contributed by atoms with van der Waals surface area (Å²) in [6, 6.07) is 8.30. The van der Waals surface area contributed by atoms with Crippen LogP contribution in [0.5, 0.6) is 0 Å². The average Bonchev–Trinajstić information content (AvgIpc) is 3.16. The lowest BCUT2D eigenvalue weighted by Gasteiger charge is -2.16. The van der Waals surface area contributed by atoms with E-state index in [-0.39, 0.29) is 5.91 Å². The van der Waals surface area contributed by atoms with Gasteiger partial charge in [-0.15, -0.1) is 0 Å².